The SMILES string of the molecule is Cc1nnc(Sc2ccc(CNC3CC3)cn2)o1. The zero-order valence-corrected chi connectivity index (χ0v) is 10.9. The molecule has 0 radical (unpaired) electrons. The number of nitrogens with zero attached hydrogens (tertiary/aromatic N) is 3. The van der Waals surface area contributed by atoms with Crippen molar-refractivity contribution in [2.45, 2.75) is 42.6 Å². The van der Waals surface area contributed by atoms with Gasteiger partial charge in [-0.25, -0.2) is 4.98 Å². The lowest BCUT2D eigenvalue weighted by atomic mass is 10.3. The van der Waals surface area contributed by atoms with Crippen molar-refractivity contribution in [2.75, 3.05) is 0 Å². The lowest BCUT2D eigenvalue weighted by molar-refractivity contribution is 0.429. The van der Waals surface area contributed by atoms with Gasteiger partial charge in [-0.2, -0.15) is 0 Å². The molecule has 0 spiro atoms. The van der Waals surface area contributed by atoms with Crippen molar-refractivity contribution in [3.63, 3.8) is 0 Å². The number of pyridine rings is 1. The van der Waals surface area contributed by atoms with Crippen molar-refractivity contribution < 1.29 is 4.42 Å². The highest BCUT2D eigenvalue weighted by atomic mass is 32.2. The molecule has 2 aromatic rings. The highest BCUT2D eigenvalue weighted by molar-refractivity contribution is 7.99. The topological polar surface area (TPSA) is 63.8 Å². The smallest absolute Gasteiger partial charge is 0.282 e. The summed E-state index contributed by atoms with van der Waals surface area (Å²) in [5, 5.41) is 12.6. The van der Waals surface area contributed by atoms with Gasteiger partial charge in [0.15, 0.2) is 0 Å². The maximum Gasteiger partial charge on any atom is 0.282 e. The molecule has 0 unspecified atom stereocenters. The molecule has 0 saturated heterocycles. The minimum atomic E-state index is 0.531. The van der Waals surface area contributed by atoms with Crippen LogP contribution in [-0.4, -0.2) is 21.2 Å². The monoisotopic (exact) mass is 262 g/mol. The summed E-state index contributed by atoms with van der Waals surface area (Å²) in [6.07, 6.45) is 4.50. The first-order valence-corrected chi connectivity index (χ1v) is 6.77. The molecule has 0 amide bonds. The van der Waals surface area contributed by atoms with Crippen molar-refractivity contribution in [2.24, 2.45) is 0 Å². The van der Waals surface area contributed by atoms with Gasteiger partial charge in [-0.05, 0) is 36.2 Å². The van der Waals surface area contributed by atoms with E-state index in [1.807, 2.05) is 12.3 Å². The van der Waals surface area contributed by atoms with Crippen molar-refractivity contribution >= 4 is 11.8 Å². The Morgan fingerprint density at radius 1 is 1.39 bits per heavy atom. The number of aryl methyl sites for hydroxylation is 1. The van der Waals surface area contributed by atoms with Crippen molar-refractivity contribution in [1.82, 2.24) is 20.5 Å². The number of nitrogens with one attached hydrogen (secondary N) is 1. The second-order valence-electron chi connectivity index (χ2n) is 4.35. The zero-order valence-electron chi connectivity index (χ0n) is 10.1. The van der Waals surface area contributed by atoms with Crippen LogP contribution < -0.4 is 5.32 Å². The van der Waals surface area contributed by atoms with Crippen LogP contribution in [0.15, 0.2) is 33.0 Å². The van der Waals surface area contributed by atoms with Gasteiger partial charge in [0.25, 0.3) is 5.22 Å². The van der Waals surface area contributed by atoms with E-state index >= 15 is 0 Å². The third-order valence-corrected chi connectivity index (χ3v) is 3.46. The third kappa shape index (κ3) is 3.08. The highest BCUT2D eigenvalue weighted by Crippen LogP contribution is 2.24. The molecule has 1 fully saturated rings. The lowest BCUT2D eigenvalue weighted by Crippen LogP contribution is -2.15. The molecule has 2 aromatic heterocycles. The average molecular weight is 262 g/mol. The van der Waals surface area contributed by atoms with Crippen LogP contribution in [0.5, 0.6) is 0 Å². The van der Waals surface area contributed by atoms with Crippen LogP contribution in [0.3, 0.4) is 0 Å². The van der Waals surface area contributed by atoms with E-state index in [2.05, 4.69) is 26.6 Å². The Morgan fingerprint density at radius 2 is 2.28 bits per heavy atom. The Kier molecular flexibility index (Phi) is 3.29. The highest BCUT2D eigenvalue weighted by Gasteiger charge is 2.19. The fourth-order valence-corrected chi connectivity index (χ4v) is 2.20. The quantitative estimate of drug-likeness (QED) is 0.891. The molecule has 1 aliphatic carbocycles. The Labute approximate surface area is 109 Å². The fraction of sp³-hybridized carbons (Fsp3) is 0.417. The number of hydrogen-bond acceptors (Lipinski definition) is 6. The summed E-state index contributed by atoms with van der Waals surface area (Å²) < 4.78 is 5.29. The largest absolute Gasteiger partial charge is 0.416 e. The number of hydrogen-bond donors (Lipinski definition) is 1. The normalized spacial score (nSPS) is 14.9. The maximum atomic E-state index is 5.29. The first-order valence-electron chi connectivity index (χ1n) is 5.96. The molecule has 94 valence electrons. The van der Waals surface area contributed by atoms with Gasteiger partial charge >= 0.3 is 0 Å². The third-order valence-electron chi connectivity index (χ3n) is 2.67. The van der Waals surface area contributed by atoms with Gasteiger partial charge < -0.3 is 9.73 Å². The second kappa shape index (κ2) is 5.07. The molecule has 1 saturated carbocycles. The summed E-state index contributed by atoms with van der Waals surface area (Å²) in [4.78, 5) is 4.38. The van der Waals surface area contributed by atoms with E-state index in [4.69, 9.17) is 4.42 Å². The van der Waals surface area contributed by atoms with Crippen molar-refractivity contribution in [1.29, 1.82) is 0 Å². The van der Waals surface area contributed by atoms with Gasteiger partial charge in [0.1, 0.15) is 5.03 Å². The Balaban J connectivity index is 1.59. The first-order chi connectivity index (χ1) is 8.79. The standard InChI is InChI=1S/C12H14N4OS/c1-8-15-16-12(17-8)18-11-5-2-9(7-14-11)6-13-10-3-4-10/h2,5,7,10,13H,3-4,6H2,1H3. The van der Waals surface area contributed by atoms with Crippen LogP contribution in [0.1, 0.15) is 24.3 Å². The molecule has 18 heavy (non-hydrogen) atoms. The lowest BCUT2D eigenvalue weighted by Gasteiger charge is -2.03. The summed E-state index contributed by atoms with van der Waals surface area (Å²) in [7, 11) is 0. The minimum absolute atomic E-state index is 0.531. The van der Waals surface area contributed by atoms with Gasteiger partial charge in [-0.1, -0.05) is 6.07 Å². The first kappa shape index (κ1) is 11.7. The van der Waals surface area contributed by atoms with Gasteiger partial charge in [0.05, 0.1) is 0 Å². The second-order valence-corrected chi connectivity index (χ2v) is 5.32. The molecular weight excluding hydrogens is 248 g/mol. The molecule has 2 heterocycles. The summed E-state index contributed by atoms with van der Waals surface area (Å²) in [5.74, 6) is 0.572. The Hall–Kier alpha value is -1.40. The molecule has 5 nitrogen and oxygen atoms in total. The van der Waals surface area contributed by atoms with E-state index in [1.165, 1.54) is 30.2 Å². The number of aromatic nitrogens is 3. The van der Waals surface area contributed by atoms with E-state index in [0.717, 1.165) is 17.6 Å². The maximum absolute atomic E-state index is 5.29. The van der Waals surface area contributed by atoms with Crippen molar-refractivity contribution in [3.05, 3.63) is 29.8 Å². The van der Waals surface area contributed by atoms with Crippen LogP contribution in [0.4, 0.5) is 0 Å². The van der Waals surface area contributed by atoms with Gasteiger partial charge in [0.2, 0.25) is 5.89 Å². The molecule has 6 heteroatoms. The van der Waals surface area contributed by atoms with Gasteiger partial charge in [0, 0.05) is 25.7 Å². The van der Waals surface area contributed by atoms with Crippen LogP contribution >= 0.6 is 11.8 Å². The average Bonchev–Trinajstić information content (AvgIpc) is 3.12. The predicted octanol–water partition coefficient (Wildman–Crippen LogP) is 2.18. The predicted molar refractivity (Wildman–Crippen MR) is 67.3 cm³/mol. The van der Waals surface area contributed by atoms with Crippen LogP contribution in [-0.2, 0) is 6.54 Å². The molecule has 0 atom stereocenters. The fourth-order valence-electron chi connectivity index (χ4n) is 1.53. The van der Waals surface area contributed by atoms with E-state index in [0.29, 0.717) is 11.1 Å². The van der Waals surface area contributed by atoms with Crippen LogP contribution in [0.2, 0.25) is 0 Å². The molecule has 0 aromatic carbocycles. The van der Waals surface area contributed by atoms with E-state index in [9.17, 15) is 0 Å². The molecule has 1 N–H and O–H groups in total. The summed E-state index contributed by atoms with van der Waals surface area (Å²) in [6, 6.07) is 4.78. The summed E-state index contributed by atoms with van der Waals surface area (Å²) in [6.45, 7) is 2.67. The zero-order chi connectivity index (χ0) is 12.4. The van der Waals surface area contributed by atoms with E-state index < -0.39 is 0 Å². The number of rotatable bonds is 5. The Morgan fingerprint density at radius 3 is 2.89 bits per heavy atom. The minimum Gasteiger partial charge on any atom is -0.416 e. The molecule has 0 aliphatic heterocycles. The van der Waals surface area contributed by atoms with Gasteiger partial charge in [-0.15, -0.1) is 10.2 Å². The van der Waals surface area contributed by atoms with Crippen LogP contribution in [0.25, 0.3) is 0 Å². The van der Waals surface area contributed by atoms with Gasteiger partial charge in [-0.3, -0.25) is 0 Å². The molecule has 0 bridgehead atoms. The summed E-state index contributed by atoms with van der Waals surface area (Å²) >= 11 is 1.38. The van der Waals surface area contributed by atoms with Crippen LogP contribution in [0, 0.1) is 6.92 Å². The van der Waals surface area contributed by atoms with E-state index in [-0.39, 0.29) is 0 Å². The molecule has 3 rings (SSSR count). The van der Waals surface area contributed by atoms with Crippen molar-refractivity contribution in [3.8, 4) is 0 Å². The molecule has 1 aliphatic rings. The molecular formula is C12H14N4OS. The Bertz CT molecular complexity index is 521. The summed E-state index contributed by atoms with van der Waals surface area (Å²) in [5.41, 5.74) is 1.20. The van der Waals surface area contributed by atoms with E-state index in [1.54, 1.807) is 6.92 Å².